The highest BCUT2D eigenvalue weighted by Gasteiger charge is 2.05. The Bertz CT molecular complexity index is 879. The molecule has 0 heterocycles. The molecule has 22 heavy (non-hydrogen) atoms. The van der Waals surface area contributed by atoms with Crippen LogP contribution >= 0.6 is 0 Å². The summed E-state index contributed by atoms with van der Waals surface area (Å²) in [5.41, 5.74) is 2.94. The van der Waals surface area contributed by atoms with Crippen LogP contribution in [-0.4, -0.2) is 5.11 Å². The van der Waals surface area contributed by atoms with Crippen molar-refractivity contribution in [1.82, 2.24) is 0 Å². The molecule has 3 aromatic carbocycles. The quantitative estimate of drug-likeness (QED) is 0.619. The van der Waals surface area contributed by atoms with Crippen LogP contribution in [0.1, 0.15) is 36.5 Å². The van der Waals surface area contributed by atoms with Crippen molar-refractivity contribution in [1.29, 1.82) is 0 Å². The van der Waals surface area contributed by atoms with E-state index in [1.807, 2.05) is 48.5 Å². The zero-order chi connectivity index (χ0) is 15.5. The molecule has 1 nitrogen and oxygen atoms in total. The molecule has 0 saturated carbocycles. The van der Waals surface area contributed by atoms with Crippen molar-refractivity contribution >= 4 is 10.8 Å². The topological polar surface area (TPSA) is 20.2 Å². The van der Waals surface area contributed by atoms with Crippen LogP contribution in [0, 0.1) is 11.8 Å². The second-order valence-corrected chi connectivity index (χ2v) is 5.67. The van der Waals surface area contributed by atoms with Gasteiger partial charge in [0.25, 0.3) is 0 Å². The highest BCUT2D eigenvalue weighted by Crippen LogP contribution is 2.26. The van der Waals surface area contributed by atoms with Gasteiger partial charge in [0.15, 0.2) is 0 Å². The van der Waals surface area contributed by atoms with E-state index in [0.29, 0.717) is 11.5 Å². The summed E-state index contributed by atoms with van der Waals surface area (Å²) in [6.45, 7) is 4.33. The van der Waals surface area contributed by atoms with Gasteiger partial charge in [0, 0.05) is 10.9 Å². The van der Waals surface area contributed by atoms with Crippen molar-refractivity contribution in [2.24, 2.45) is 0 Å². The Balaban J connectivity index is 2.15. The standard InChI is InChI=1S/C21H18O/c1-15(2)18-9-5-3-7-16(18)11-13-20-19-10-6-4-8-17(19)12-14-21(20)22/h3-10,12,14-15,22H,1-2H3. The second-order valence-electron chi connectivity index (χ2n) is 5.67. The third-order valence-electron chi connectivity index (χ3n) is 3.81. The Labute approximate surface area is 131 Å². The number of fused-ring (bicyclic) bond motifs is 1. The van der Waals surface area contributed by atoms with Crippen LogP contribution in [-0.2, 0) is 0 Å². The van der Waals surface area contributed by atoms with E-state index in [2.05, 4.69) is 31.8 Å². The molecule has 0 bridgehead atoms. The highest BCUT2D eigenvalue weighted by molar-refractivity contribution is 5.90. The molecule has 0 aromatic heterocycles. The van der Waals surface area contributed by atoms with E-state index in [9.17, 15) is 5.11 Å². The summed E-state index contributed by atoms with van der Waals surface area (Å²) in [7, 11) is 0. The summed E-state index contributed by atoms with van der Waals surface area (Å²) in [5.74, 6) is 7.05. The third-order valence-corrected chi connectivity index (χ3v) is 3.81. The van der Waals surface area contributed by atoms with Crippen LogP contribution in [0.25, 0.3) is 10.8 Å². The number of hydrogen-bond acceptors (Lipinski definition) is 1. The summed E-state index contributed by atoms with van der Waals surface area (Å²) in [6, 6.07) is 19.8. The minimum Gasteiger partial charge on any atom is -0.507 e. The minimum atomic E-state index is 0.230. The average molecular weight is 286 g/mol. The maximum Gasteiger partial charge on any atom is 0.131 e. The van der Waals surface area contributed by atoms with Gasteiger partial charge in [0.1, 0.15) is 5.75 Å². The fraction of sp³-hybridized carbons (Fsp3) is 0.143. The number of aromatic hydroxyl groups is 1. The van der Waals surface area contributed by atoms with Gasteiger partial charge in [-0.1, -0.05) is 74.2 Å². The summed E-state index contributed by atoms with van der Waals surface area (Å²) in [6.07, 6.45) is 0. The smallest absolute Gasteiger partial charge is 0.131 e. The minimum absolute atomic E-state index is 0.230. The van der Waals surface area contributed by atoms with Gasteiger partial charge in [-0.2, -0.15) is 0 Å². The van der Waals surface area contributed by atoms with Gasteiger partial charge in [0.05, 0.1) is 5.56 Å². The van der Waals surface area contributed by atoms with E-state index >= 15 is 0 Å². The van der Waals surface area contributed by atoms with Crippen LogP contribution in [0.3, 0.4) is 0 Å². The van der Waals surface area contributed by atoms with Crippen LogP contribution in [0.5, 0.6) is 5.75 Å². The Hall–Kier alpha value is -2.72. The molecule has 0 saturated heterocycles. The molecule has 3 aromatic rings. The SMILES string of the molecule is CC(C)c1ccccc1C#Cc1c(O)ccc2ccccc12. The van der Waals surface area contributed by atoms with E-state index in [-0.39, 0.29) is 5.75 Å². The molecule has 0 spiro atoms. The van der Waals surface area contributed by atoms with Gasteiger partial charge in [0.2, 0.25) is 0 Å². The van der Waals surface area contributed by atoms with Gasteiger partial charge < -0.3 is 5.11 Å². The first-order valence-electron chi connectivity index (χ1n) is 7.48. The first-order valence-corrected chi connectivity index (χ1v) is 7.48. The van der Waals surface area contributed by atoms with Gasteiger partial charge in [-0.05, 0) is 29.0 Å². The normalized spacial score (nSPS) is 10.5. The van der Waals surface area contributed by atoms with E-state index in [4.69, 9.17) is 0 Å². The van der Waals surface area contributed by atoms with E-state index in [1.54, 1.807) is 6.07 Å². The average Bonchev–Trinajstić information content (AvgIpc) is 2.54. The lowest BCUT2D eigenvalue weighted by Crippen LogP contribution is -1.91. The monoisotopic (exact) mass is 286 g/mol. The predicted molar refractivity (Wildman–Crippen MR) is 92.1 cm³/mol. The molecular formula is C21H18O. The second kappa shape index (κ2) is 5.95. The summed E-state index contributed by atoms with van der Waals surface area (Å²) in [4.78, 5) is 0. The molecule has 0 unspecified atom stereocenters. The lowest BCUT2D eigenvalue weighted by molar-refractivity contribution is 0.474. The van der Waals surface area contributed by atoms with Crippen molar-refractivity contribution in [3.8, 4) is 17.6 Å². The molecule has 0 fully saturated rings. The van der Waals surface area contributed by atoms with Crippen LogP contribution in [0.15, 0.2) is 60.7 Å². The molecule has 0 aliphatic rings. The molecule has 3 rings (SSSR count). The molecule has 0 radical (unpaired) electrons. The van der Waals surface area contributed by atoms with Crippen molar-refractivity contribution in [3.05, 3.63) is 77.4 Å². The molecule has 0 aliphatic carbocycles. The van der Waals surface area contributed by atoms with Crippen LogP contribution in [0.2, 0.25) is 0 Å². The molecule has 1 N–H and O–H groups in total. The van der Waals surface area contributed by atoms with E-state index < -0.39 is 0 Å². The maximum absolute atomic E-state index is 10.2. The molecule has 0 aliphatic heterocycles. The summed E-state index contributed by atoms with van der Waals surface area (Å²) < 4.78 is 0. The predicted octanol–water partition coefficient (Wildman–Crippen LogP) is 5.07. The molecule has 0 amide bonds. The van der Waals surface area contributed by atoms with E-state index in [1.165, 1.54) is 5.56 Å². The molecular weight excluding hydrogens is 268 g/mol. The van der Waals surface area contributed by atoms with Crippen molar-refractivity contribution < 1.29 is 5.11 Å². The zero-order valence-corrected chi connectivity index (χ0v) is 12.8. The van der Waals surface area contributed by atoms with Crippen molar-refractivity contribution in [3.63, 3.8) is 0 Å². The number of phenols is 1. The van der Waals surface area contributed by atoms with Crippen molar-refractivity contribution in [2.75, 3.05) is 0 Å². The van der Waals surface area contributed by atoms with Crippen molar-refractivity contribution in [2.45, 2.75) is 19.8 Å². The number of hydrogen-bond donors (Lipinski definition) is 1. The first-order chi connectivity index (χ1) is 10.7. The maximum atomic E-state index is 10.2. The number of phenolic OH excluding ortho intramolecular Hbond substituents is 1. The lowest BCUT2D eigenvalue weighted by atomic mass is 9.97. The number of rotatable bonds is 1. The zero-order valence-electron chi connectivity index (χ0n) is 12.8. The largest absolute Gasteiger partial charge is 0.507 e. The Morgan fingerprint density at radius 3 is 2.36 bits per heavy atom. The molecule has 108 valence electrons. The van der Waals surface area contributed by atoms with E-state index in [0.717, 1.165) is 16.3 Å². The Morgan fingerprint density at radius 2 is 1.55 bits per heavy atom. The summed E-state index contributed by atoms with van der Waals surface area (Å²) in [5, 5.41) is 12.2. The fourth-order valence-electron chi connectivity index (χ4n) is 2.64. The van der Waals surface area contributed by atoms with Crippen LogP contribution in [0.4, 0.5) is 0 Å². The van der Waals surface area contributed by atoms with Gasteiger partial charge >= 0.3 is 0 Å². The fourth-order valence-corrected chi connectivity index (χ4v) is 2.64. The van der Waals surface area contributed by atoms with Gasteiger partial charge in [-0.3, -0.25) is 0 Å². The molecule has 1 heteroatoms. The first kappa shape index (κ1) is 14.2. The van der Waals surface area contributed by atoms with Crippen LogP contribution < -0.4 is 0 Å². The Morgan fingerprint density at radius 1 is 0.818 bits per heavy atom. The summed E-state index contributed by atoms with van der Waals surface area (Å²) >= 11 is 0. The van der Waals surface area contributed by atoms with Gasteiger partial charge in [-0.15, -0.1) is 0 Å². The molecule has 0 atom stereocenters. The lowest BCUT2D eigenvalue weighted by Gasteiger charge is -2.07. The Kier molecular flexibility index (Phi) is 3.85. The van der Waals surface area contributed by atoms with Gasteiger partial charge in [-0.25, -0.2) is 0 Å². The third kappa shape index (κ3) is 2.69. The number of benzene rings is 3. The highest BCUT2D eigenvalue weighted by atomic mass is 16.3.